The number of nitrogens with one attached hydrogen (secondary N) is 2. The van der Waals surface area contributed by atoms with Crippen LogP contribution in [0.1, 0.15) is 12.8 Å². The highest BCUT2D eigenvalue weighted by Crippen LogP contribution is 2.05. The second kappa shape index (κ2) is 7.04. The topological polar surface area (TPSA) is 96.9 Å². The average molecular weight is 268 g/mol. The van der Waals surface area contributed by atoms with Crippen LogP contribution in [0.4, 0.5) is 0 Å². The van der Waals surface area contributed by atoms with Crippen molar-refractivity contribution in [3.63, 3.8) is 0 Å². The monoisotopic (exact) mass is 268 g/mol. The standard InChI is InChI=1S/C14H16N6/c15-19-13-5-1-11(2-6-13)17-9-10-18-12-3-7-14(20-16)8-4-12/h1-5,7,17-18H,6,8-10H2. The van der Waals surface area contributed by atoms with Gasteiger partial charge in [-0.3, -0.25) is 0 Å². The highest BCUT2D eigenvalue weighted by molar-refractivity contribution is 5.93. The second-order valence-corrected chi connectivity index (χ2v) is 4.43. The van der Waals surface area contributed by atoms with E-state index in [1.165, 1.54) is 0 Å². The molecule has 0 radical (unpaired) electrons. The molecule has 102 valence electrons. The molecule has 2 aliphatic carbocycles. The van der Waals surface area contributed by atoms with Crippen LogP contribution in [0.2, 0.25) is 0 Å². The van der Waals surface area contributed by atoms with Crippen molar-refractivity contribution in [3.05, 3.63) is 58.9 Å². The Labute approximate surface area is 117 Å². The largest absolute Gasteiger partial charge is 0.384 e. The molecule has 6 heteroatoms. The summed E-state index contributed by atoms with van der Waals surface area (Å²) >= 11 is 0. The Morgan fingerprint density at radius 1 is 0.800 bits per heavy atom. The van der Waals surface area contributed by atoms with Gasteiger partial charge in [0.2, 0.25) is 0 Å². The Morgan fingerprint density at radius 3 is 1.55 bits per heavy atom. The van der Waals surface area contributed by atoms with Gasteiger partial charge in [0.1, 0.15) is 0 Å². The number of hydrogen-bond acceptors (Lipinski definition) is 2. The van der Waals surface area contributed by atoms with Gasteiger partial charge in [-0.25, -0.2) is 0 Å². The maximum Gasteiger partial charge on any atom is 0.295 e. The van der Waals surface area contributed by atoms with Crippen LogP contribution in [-0.4, -0.2) is 34.1 Å². The minimum atomic E-state index is 0.639. The van der Waals surface area contributed by atoms with Crippen molar-refractivity contribution >= 4 is 11.4 Å². The van der Waals surface area contributed by atoms with Gasteiger partial charge < -0.3 is 21.7 Å². The predicted molar refractivity (Wildman–Crippen MR) is 76.9 cm³/mol. The maximum atomic E-state index is 8.61. The average Bonchev–Trinajstić information content (AvgIpc) is 2.53. The van der Waals surface area contributed by atoms with E-state index in [-0.39, 0.29) is 0 Å². The lowest BCUT2D eigenvalue weighted by atomic mass is 10.1. The molecule has 2 aliphatic rings. The number of rotatable bonds is 5. The molecule has 0 unspecified atom stereocenters. The minimum absolute atomic E-state index is 0.639. The Kier molecular flexibility index (Phi) is 4.84. The fourth-order valence-electron chi connectivity index (χ4n) is 1.90. The van der Waals surface area contributed by atoms with Gasteiger partial charge in [0.15, 0.2) is 0 Å². The molecule has 0 saturated heterocycles. The quantitative estimate of drug-likeness (QED) is 0.445. The van der Waals surface area contributed by atoms with Gasteiger partial charge in [0, 0.05) is 36.6 Å². The summed E-state index contributed by atoms with van der Waals surface area (Å²) in [6.45, 7) is 1.57. The molecule has 0 bridgehead atoms. The van der Waals surface area contributed by atoms with Crippen LogP contribution in [-0.2, 0) is 0 Å². The third kappa shape index (κ3) is 3.92. The lowest BCUT2D eigenvalue weighted by molar-refractivity contribution is -0.00590. The van der Waals surface area contributed by atoms with Crippen molar-refractivity contribution in [1.29, 1.82) is 0 Å². The molecule has 6 nitrogen and oxygen atoms in total. The number of hydrogen-bond donors (Lipinski definition) is 2. The van der Waals surface area contributed by atoms with E-state index in [1.807, 2.05) is 24.3 Å². The normalized spacial score (nSPS) is 17.0. The second-order valence-electron chi connectivity index (χ2n) is 4.43. The van der Waals surface area contributed by atoms with E-state index in [1.54, 1.807) is 12.2 Å². The summed E-state index contributed by atoms with van der Waals surface area (Å²) in [6, 6.07) is 0. The van der Waals surface area contributed by atoms with Crippen LogP contribution in [0.5, 0.6) is 0 Å². The minimum Gasteiger partial charge on any atom is -0.384 e. The van der Waals surface area contributed by atoms with Crippen molar-refractivity contribution in [2.75, 3.05) is 13.1 Å². The molecule has 0 fully saturated rings. The summed E-state index contributed by atoms with van der Waals surface area (Å²) in [4.78, 5) is 6.31. The van der Waals surface area contributed by atoms with Gasteiger partial charge in [0.05, 0.1) is 12.8 Å². The number of allylic oxidation sites excluding steroid dienone is 6. The fraction of sp³-hybridized carbons (Fsp3) is 0.286. The smallest absolute Gasteiger partial charge is 0.295 e. The highest BCUT2D eigenvalue weighted by atomic mass is 15.0. The summed E-state index contributed by atoms with van der Waals surface area (Å²) in [5, 5.41) is 6.57. The zero-order chi connectivity index (χ0) is 14.2. The first kappa shape index (κ1) is 13.7. The molecule has 0 saturated carbocycles. The van der Waals surface area contributed by atoms with E-state index in [9.17, 15) is 0 Å². The zero-order valence-electron chi connectivity index (χ0n) is 11.1. The summed E-state index contributed by atoms with van der Waals surface area (Å²) in [5.41, 5.74) is 20.6. The Morgan fingerprint density at radius 2 is 1.25 bits per heavy atom. The van der Waals surface area contributed by atoms with Crippen LogP contribution in [0.3, 0.4) is 0 Å². The highest BCUT2D eigenvalue weighted by Gasteiger charge is 2.08. The van der Waals surface area contributed by atoms with Gasteiger partial charge in [-0.15, -0.1) is 0 Å². The molecular formula is C14H16N6. The summed E-state index contributed by atoms with van der Waals surface area (Å²) < 4.78 is 0. The van der Waals surface area contributed by atoms with Gasteiger partial charge >= 0.3 is 0 Å². The third-order valence-electron chi connectivity index (χ3n) is 3.01. The molecule has 0 spiro atoms. The Bertz CT molecular complexity index is 541. The van der Waals surface area contributed by atoms with Crippen LogP contribution in [0.25, 0.3) is 11.1 Å². The third-order valence-corrected chi connectivity index (χ3v) is 3.01. The maximum absolute atomic E-state index is 8.61. The lowest BCUT2D eigenvalue weighted by Gasteiger charge is -2.12. The lowest BCUT2D eigenvalue weighted by Crippen LogP contribution is -2.27. The fourth-order valence-corrected chi connectivity index (χ4v) is 1.90. The molecular weight excluding hydrogens is 252 g/mol. The SMILES string of the molecule is [N-]=[N+]=C1C=CC(NCCNC2=CCC(=[N+]=[N-])C=C2)=CC1. The summed E-state index contributed by atoms with van der Waals surface area (Å²) in [6.07, 6.45) is 12.6. The van der Waals surface area contributed by atoms with Crippen molar-refractivity contribution < 1.29 is 9.58 Å². The van der Waals surface area contributed by atoms with E-state index in [0.29, 0.717) is 24.3 Å². The first-order chi connectivity index (χ1) is 9.81. The molecule has 0 aromatic carbocycles. The van der Waals surface area contributed by atoms with E-state index < -0.39 is 0 Å². The molecule has 0 aliphatic heterocycles. The molecule has 2 rings (SSSR count). The van der Waals surface area contributed by atoms with E-state index in [4.69, 9.17) is 11.1 Å². The molecule has 0 aromatic heterocycles. The predicted octanol–water partition coefficient (Wildman–Crippen LogP) is 1.19. The van der Waals surface area contributed by atoms with Crippen LogP contribution >= 0.6 is 0 Å². The van der Waals surface area contributed by atoms with E-state index in [2.05, 4.69) is 20.2 Å². The molecule has 20 heavy (non-hydrogen) atoms. The molecule has 0 heterocycles. The van der Waals surface area contributed by atoms with Crippen LogP contribution in [0.15, 0.2) is 47.9 Å². The first-order valence-electron chi connectivity index (χ1n) is 6.48. The van der Waals surface area contributed by atoms with Crippen LogP contribution < -0.4 is 10.6 Å². The van der Waals surface area contributed by atoms with Crippen LogP contribution in [0, 0.1) is 0 Å². The van der Waals surface area contributed by atoms with Crippen molar-refractivity contribution in [2.24, 2.45) is 0 Å². The first-order valence-corrected chi connectivity index (χ1v) is 6.48. The van der Waals surface area contributed by atoms with Crippen molar-refractivity contribution in [3.8, 4) is 0 Å². The van der Waals surface area contributed by atoms with Gasteiger partial charge in [-0.1, -0.05) is 0 Å². The van der Waals surface area contributed by atoms with Gasteiger partial charge in [0.25, 0.3) is 11.4 Å². The van der Waals surface area contributed by atoms with Gasteiger partial charge in [-0.05, 0) is 24.3 Å². The van der Waals surface area contributed by atoms with Crippen molar-refractivity contribution in [2.45, 2.75) is 12.8 Å². The molecule has 2 N–H and O–H groups in total. The summed E-state index contributed by atoms with van der Waals surface area (Å²) in [5.74, 6) is 0. The summed E-state index contributed by atoms with van der Waals surface area (Å²) in [7, 11) is 0. The number of nitrogens with zero attached hydrogens (tertiary/aromatic N) is 4. The molecule has 0 aromatic rings. The molecule has 0 atom stereocenters. The Hall–Kier alpha value is -2.68. The molecule has 0 amide bonds. The zero-order valence-corrected chi connectivity index (χ0v) is 11.1. The van der Waals surface area contributed by atoms with E-state index in [0.717, 1.165) is 24.5 Å². The van der Waals surface area contributed by atoms with Crippen molar-refractivity contribution in [1.82, 2.24) is 10.6 Å². The Balaban J connectivity index is 1.68. The van der Waals surface area contributed by atoms with Gasteiger partial charge in [-0.2, -0.15) is 9.58 Å². The van der Waals surface area contributed by atoms with E-state index >= 15 is 0 Å².